The number of hydrogen-bond donors (Lipinski definition) is 2. The Labute approximate surface area is 163 Å². The Balaban J connectivity index is 1.78. The number of nitrogens with zero attached hydrogens (tertiary/aromatic N) is 2. The maximum absolute atomic E-state index is 13.7. The SMILES string of the molecule is CN(C)C1=NC2C(OC(C(OCc3ccccc3F)C(F)(F)F)C(O)C2O)S1. The topological polar surface area (TPSA) is 74.5 Å². The number of alkyl halides is 3. The van der Waals surface area contributed by atoms with E-state index in [1.54, 1.807) is 19.0 Å². The fourth-order valence-electron chi connectivity index (χ4n) is 3.01. The zero-order chi connectivity index (χ0) is 20.6. The van der Waals surface area contributed by atoms with Crippen LogP contribution >= 0.6 is 11.8 Å². The number of aliphatic hydroxyl groups is 2. The van der Waals surface area contributed by atoms with E-state index in [1.807, 2.05) is 0 Å². The molecule has 28 heavy (non-hydrogen) atoms. The van der Waals surface area contributed by atoms with E-state index < -0.39 is 54.5 Å². The van der Waals surface area contributed by atoms with Crippen LogP contribution in [0.4, 0.5) is 17.6 Å². The van der Waals surface area contributed by atoms with Gasteiger partial charge in [0.25, 0.3) is 0 Å². The minimum absolute atomic E-state index is 0.0612. The highest BCUT2D eigenvalue weighted by molar-refractivity contribution is 8.14. The van der Waals surface area contributed by atoms with Crippen molar-refractivity contribution >= 4 is 16.9 Å². The van der Waals surface area contributed by atoms with Crippen LogP contribution in [0.1, 0.15) is 5.56 Å². The molecule has 0 aliphatic carbocycles. The Hall–Kier alpha value is -1.40. The van der Waals surface area contributed by atoms with Gasteiger partial charge in [-0.3, -0.25) is 4.99 Å². The summed E-state index contributed by atoms with van der Waals surface area (Å²) in [5, 5.41) is 21.1. The minimum atomic E-state index is -4.90. The number of benzene rings is 1. The summed E-state index contributed by atoms with van der Waals surface area (Å²) in [7, 11) is 3.39. The lowest BCUT2D eigenvalue weighted by Crippen LogP contribution is -2.61. The first kappa shape index (κ1) is 21.3. The van der Waals surface area contributed by atoms with Crippen molar-refractivity contribution in [1.29, 1.82) is 0 Å². The van der Waals surface area contributed by atoms with E-state index >= 15 is 0 Å². The van der Waals surface area contributed by atoms with Gasteiger partial charge < -0.3 is 24.6 Å². The molecule has 1 aromatic carbocycles. The molecule has 2 aliphatic heterocycles. The summed E-state index contributed by atoms with van der Waals surface area (Å²) in [6.45, 7) is -0.666. The molecule has 1 aromatic rings. The molecule has 6 nitrogen and oxygen atoms in total. The first-order valence-corrected chi connectivity index (χ1v) is 9.32. The first-order chi connectivity index (χ1) is 13.1. The Bertz CT molecular complexity index is 733. The number of halogens is 4. The number of ether oxygens (including phenoxy) is 2. The van der Waals surface area contributed by atoms with Gasteiger partial charge in [-0.25, -0.2) is 4.39 Å². The molecule has 11 heteroatoms. The van der Waals surface area contributed by atoms with Gasteiger partial charge in [0.1, 0.15) is 35.6 Å². The maximum atomic E-state index is 13.7. The lowest BCUT2D eigenvalue weighted by molar-refractivity contribution is -0.287. The number of aliphatic hydroxyl groups excluding tert-OH is 2. The molecule has 2 N–H and O–H groups in total. The Kier molecular flexibility index (Phi) is 6.20. The highest BCUT2D eigenvalue weighted by Crippen LogP contribution is 2.41. The number of hydrogen-bond acceptors (Lipinski definition) is 7. The molecule has 1 saturated heterocycles. The van der Waals surface area contributed by atoms with Crippen LogP contribution in [0, 0.1) is 5.82 Å². The molecule has 3 rings (SSSR count). The van der Waals surface area contributed by atoms with E-state index in [9.17, 15) is 27.8 Å². The molecule has 0 radical (unpaired) electrons. The van der Waals surface area contributed by atoms with Crippen LogP contribution in [0.15, 0.2) is 29.3 Å². The maximum Gasteiger partial charge on any atom is 0.417 e. The van der Waals surface area contributed by atoms with Crippen molar-refractivity contribution in [2.45, 2.75) is 48.7 Å². The Morgan fingerprint density at radius 3 is 2.54 bits per heavy atom. The van der Waals surface area contributed by atoms with Crippen LogP contribution < -0.4 is 0 Å². The fourth-order valence-corrected chi connectivity index (χ4v) is 4.16. The molecule has 0 amide bonds. The van der Waals surface area contributed by atoms with Crippen molar-refractivity contribution in [2.75, 3.05) is 14.1 Å². The molecular weight excluding hydrogens is 404 g/mol. The second-order valence-electron chi connectivity index (χ2n) is 6.73. The van der Waals surface area contributed by atoms with E-state index in [1.165, 1.54) is 18.2 Å². The van der Waals surface area contributed by atoms with E-state index in [4.69, 9.17) is 9.47 Å². The summed E-state index contributed by atoms with van der Waals surface area (Å²) < 4.78 is 65.0. The van der Waals surface area contributed by atoms with Crippen molar-refractivity contribution in [3.8, 4) is 0 Å². The third-order valence-corrected chi connectivity index (χ3v) is 5.77. The quantitative estimate of drug-likeness (QED) is 0.718. The van der Waals surface area contributed by atoms with Gasteiger partial charge in [-0.05, 0) is 6.07 Å². The summed E-state index contributed by atoms with van der Waals surface area (Å²) in [5.74, 6) is -0.705. The summed E-state index contributed by atoms with van der Waals surface area (Å²) in [4.78, 5) is 5.84. The molecular formula is C17H20F4N2O4S. The number of aliphatic imine (C=N–C) groups is 1. The molecule has 2 aliphatic rings. The summed E-state index contributed by atoms with van der Waals surface area (Å²) in [5.41, 5.74) is -0.961. The molecule has 156 valence electrons. The molecule has 6 atom stereocenters. The Morgan fingerprint density at radius 1 is 1.25 bits per heavy atom. The van der Waals surface area contributed by atoms with Crippen molar-refractivity contribution in [1.82, 2.24) is 4.90 Å². The molecule has 1 fully saturated rings. The third kappa shape index (κ3) is 4.28. The minimum Gasteiger partial charge on any atom is -0.388 e. The van der Waals surface area contributed by atoms with E-state index in [-0.39, 0.29) is 5.56 Å². The van der Waals surface area contributed by atoms with Gasteiger partial charge in [0.05, 0.1) is 6.61 Å². The lowest BCUT2D eigenvalue weighted by atomic mass is 9.94. The van der Waals surface area contributed by atoms with Crippen LogP contribution in [-0.4, -0.2) is 76.4 Å². The van der Waals surface area contributed by atoms with Gasteiger partial charge in [0, 0.05) is 19.7 Å². The largest absolute Gasteiger partial charge is 0.417 e. The smallest absolute Gasteiger partial charge is 0.388 e. The Morgan fingerprint density at radius 2 is 1.93 bits per heavy atom. The summed E-state index contributed by atoms with van der Waals surface area (Å²) in [6, 6.07) is 4.39. The molecule has 0 bridgehead atoms. The molecule has 0 saturated carbocycles. The van der Waals surface area contributed by atoms with E-state index in [0.717, 1.165) is 17.8 Å². The van der Waals surface area contributed by atoms with Crippen LogP contribution in [0.3, 0.4) is 0 Å². The summed E-state index contributed by atoms with van der Waals surface area (Å²) >= 11 is 1.06. The van der Waals surface area contributed by atoms with Gasteiger partial charge in [0.15, 0.2) is 11.3 Å². The third-order valence-electron chi connectivity index (χ3n) is 4.47. The van der Waals surface area contributed by atoms with Crippen molar-refractivity contribution in [3.05, 3.63) is 35.6 Å². The van der Waals surface area contributed by atoms with E-state index in [2.05, 4.69) is 4.99 Å². The number of thioether (sulfide) groups is 1. The molecule has 0 spiro atoms. The number of amidine groups is 1. The van der Waals surface area contributed by atoms with Crippen LogP contribution in [0.25, 0.3) is 0 Å². The summed E-state index contributed by atoms with van der Waals surface area (Å²) in [6.07, 6.45) is -12.8. The lowest BCUT2D eigenvalue weighted by Gasteiger charge is -2.41. The monoisotopic (exact) mass is 424 g/mol. The van der Waals surface area contributed by atoms with Crippen LogP contribution in [-0.2, 0) is 16.1 Å². The first-order valence-electron chi connectivity index (χ1n) is 8.44. The zero-order valence-corrected chi connectivity index (χ0v) is 15.8. The normalized spacial score (nSPS) is 31.3. The molecule has 2 heterocycles. The second-order valence-corrected chi connectivity index (χ2v) is 7.79. The average Bonchev–Trinajstić information content (AvgIpc) is 3.04. The van der Waals surface area contributed by atoms with Gasteiger partial charge in [0.2, 0.25) is 0 Å². The highest BCUT2D eigenvalue weighted by atomic mass is 32.2. The number of rotatable bonds is 4. The molecule has 0 aromatic heterocycles. The highest BCUT2D eigenvalue weighted by Gasteiger charge is 2.57. The predicted molar refractivity (Wildman–Crippen MR) is 94.2 cm³/mol. The van der Waals surface area contributed by atoms with Crippen molar-refractivity contribution < 1.29 is 37.2 Å². The van der Waals surface area contributed by atoms with Gasteiger partial charge in [-0.1, -0.05) is 30.0 Å². The second kappa shape index (κ2) is 8.15. The number of fused-ring (bicyclic) bond motifs is 1. The fraction of sp³-hybridized carbons (Fsp3) is 0.588. The standard InChI is InChI=1S/C17H20F4N2O4S/c1-23(2)16-22-10-11(24)12(25)13(27-15(10)28-16)14(17(19,20)21)26-7-8-5-3-4-6-9(8)18/h3-6,10-15,24-25H,7H2,1-2H3. The van der Waals surface area contributed by atoms with Crippen molar-refractivity contribution in [3.63, 3.8) is 0 Å². The van der Waals surface area contributed by atoms with Crippen LogP contribution in [0.5, 0.6) is 0 Å². The predicted octanol–water partition coefficient (Wildman–Crippen LogP) is 1.75. The van der Waals surface area contributed by atoms with Crippen LogP contribution in [0.2, 0.25) is 0 Å². The molecule has 6 unspecified atom stereocenters. The zero-order valence-electron chi connectivity index (χ0n) is 15.0. The average molecular weight is 424 g/mol. The van der Waals surface area contributed by atoms with Crippen molar-refractivity contribution in [2.24, 2.45) is 4.99 Å². The van der Waals surface area contributed by atoms with Gasteiger partial charge in [-0.2, -0.15) is 13.2 Å². The van der Waals surface area contributed by atoms with E-state index in [0.29, 0.717) is 5.17 Å². The van der Waals surface area contributed by atoms with Gasteiger partial charge >= 0.3 is 6.18 Å². The van der Waals surface area contributed by atoms with Gasteiger partial charge in [-0.15, -0.1) is 0 Å².